The van der Waals surface area contributed by atoms with Gasteiger partial charge in [-0.1, -0.05) is 6.07 Å². The number of nitrogens with two attached hydrogens (primary N) is 1. The fraction of sp³-hybridized carbons (Fsp3) is 0.429. The monoisotopic (exact) mass is 295 g/mol. The Hall–Kier alpha value is -2.31. The SMILES string of the molecule is CCOC(=O)N1CCN(C(=O)c2cccc(F)c2N)CC1. The van der Waals surface area contributed by atoms with E-state index >= 15 is 0 Å². The summed E-state index contributed by atoms with van der Waals surface area (Å²) in [6.45, 7) is 3.57. The van der Waals surface area contributed by atoms with Crippen molar-refractivity contribution in [1.82, 2.24) is 9.80 Å². The smallest absolute Gasteiger partial charge is 0.409 e. The van der Waals surface area contributed by atoms with Gasteiger partial charge in [0, 0.05) is 26.2 Å². The van der Waals surface area contributed by atoms with Crippen LogP contribution in [0.4, 0.5) is 14.9 Å². The van der Waals surface area contributed by atoms with Gasteiger partial charge in [-0.3, -0.25) is 4.79 Å². The molecule has 6 nitrogen and oxygen atoms in total. The third-order valence-electron chi connectivity index (χ3n) is 3.38. The molecular weight excluding hydrogens is 277 g/mol. The minimum atomic E-state index is -0.606. The lowest BCUT2D eigenvalue weighted by Crippen LogP contribution is -2.50. The van der Waals surface area contributed by atoms with Crippen LogP contribution in [0.3, 0.4) is 0 Å². The molecule has 1 fully saturated rings. The fourth-order valence-electron chi connectivity index (χ4n) is 2.20. The highest BCUT2D eigenvalue weighted by Gasteiger charge is 2.26. The van der Waals surface area contributed by atoms with Gasteiger partial charge in [0.1, 0.15) is 5.82 Å². The molecule has 1 aliphatic rings. The van der Waals surface area contributed by atoms with E-state index in [1.165, 1.54) is 18.2 Å². The molecule has 0 radical (unpaired) electrons. The summed E-state index contributed by atoms with van der Waals surface area (Å²) < 4.78 is 18.3. The van der Waals surface area contributed by atoms with Crippen LogP contribution in [-0.2, 0) is 4.74 Å². The molecule has 21 heavy (non-hydrogen) atoms. The zero-order chi connectivity index (χ0) is 15.4. The van der Waals surface area contributed by atoms with Crippen molar-refractivity contribution in [2.24, 2.45) is 0 Å². The maximum absolute atomic E-state index is 13.4. The number of rotatable bonds is 2. The molecule has 0 saturated carbocycles. The Bertz CT molecular complexity index is 542. The van der Waals surface area contributed by atoms with Crippen molar-refractivity contribution in [1.29, 1.82) is 0 Å². The molecule has 0 bridgehead atoms. The molecule has 2 amide bonds. The molecule has 0 atom stereocenters. The van der Waals surface area contributed by atoms with Crippen LogP contribution >= 0.6 is 0 Å². The topological polar surface area (TPSA) is 75.9 Å². The van der Waals surface area contributed by atoms with E-state index in [0.29, 0.717) is 32.8 Å². The summed E-state index contributed by atoms with van der Waals surface area (Å²) in [6.07, 6.45) is -0.380. The molecule has 1 aromatic rings. The fourth-order valence-corrected chi connectivity index (χ4v) is 2.20. The Balaban J connectivity index is 2.00. The number of hydrogen-bond acceptors (Lipinski definition) is 4. The third-order valence-corrected chi connectivity index (χ3v) is 3.38. The number of anilines is 1. The van der Waals surface area contributed by atoms with Gasteiger partial charge in [-0.15, -0.1) is 0 Å². The van der Waals surface area contributed by atoms with E-state index in [1.807, 2.05) is 0 Å². The van der Waals surface area contributed by atoms with Crippen molar-refractivity contribution >= 4 is 17.7 Å². The van der Waals surface area contributed by atoms with Gasteiger partial charge in [-0.25, -0.2) is 9.18 Å². The number of benzene rings is 1. The molecule has 0 unspecified atom stereocenters. The molecule has 114 valence electrons. The Kier molecular flexibility index (Phi) is 4.62. The molecule has 0 aliphatic carbocycles. The molecule has 1 saturated heterocycles. The summed E-state index contributed by atoms with van der Waals surface area (Å²) in [6, 6.07) is 4.16. The number of nitrogen functional groups attached to an aromatic ring is 1. The number of hydrogen-bond donors (Lipinski definition) is 1. The molecule has 1 aliphatic heterocycles. The number of halogens is 1. The minimum Gasteiger partial charge on any atom is -0.450 e. The number of ether oxygens (including phenoxy) is 1. The van der Waals surface area contributed by atoms with Crippen molar-refractivity contribution in [3.63, 3.8) is 0 Å². The van der Waals surface area contributed by atoms with Crippen LogP contribution in [0.2, 0.25) is 0 Å². The van der Waals surface area contributed by atoms with Crippen LogP contribution in [0.5, 0.6) is 0 Å². The highest BCUT2D eigenvalue weighted by Crippen LogP contribution is 2.18. The number of nitrogens with zero attached hydrogens (tertiary/aromatic N) is 2. The lowest BCUT2D eigenvalue weighted by molar-refractivity contribution is 0.0571. The van der Waals surface area contributed by atoms with E-state index in [1.54, 1.807) is 16.7 Å². The minimum absolute atomic E-state index is 0.143. The third kappa shape index (κ3) is 3.24. The van der Waals surface area contributed by atoms with Gasteiger partial charge in [-0.2, -0.15) is 0 Å². The largest absolute Gasteiger partial charge is 0.450 e. The molecule has 1 heterocycles. The molecule has 0 aromatic heterocycles. The average Bonchev–Trinajstić information content (AvgIpc) is 2.50. The van der Waals surface area contributed by atoms with Crippen molar-refractivity contribution < 1.29 is 18.7 Å². The number of carbonyl (C=O) groups excluding carboxylic acids is 2. The van der Waals surface area contributed by atoms with E-state index in [-0.39, 0.29) is 23.3 Å². The first-order chi connectivity index (χ1) is 10.0. The van der Waals surface area contributed by atoms with Gasteiger partial charge in [0.2, 0.25) is 0 Å². The van der Waals surface area contributed by atoms with Gasteiger partial charge >= 0.3 is 6.09 Å². The number of carbonyl (C=O) groups is 2. The predicted molar refractivity (Wildman–Crippen MR) is 75.3 cm³/mol. The number of amides is 2. The molecule has 2 rings (SSSR count). The van der Waals surface area contributed by atoms with Gasteiger partial charge < -0.3 is 20.3 Å². The molecular formula is C14H18FN3O3. The highest BCUT2D eigenvalue weighted by molar-refractivity contribution is 5.99. The molecule has 2 N–H and O–H groups in total. The normalized spacial score (nSPS) is 15.0. The van der Waals surface area contributed by atoms with Crippen LogP contribution in [0.25, 0.3) is 0 Å². The van der Waals surface area contributed by atoms with E-state index in [9.17, 15) is 14.0 Å². The van der Waals surface area contributed by atoms with Crippen molar-refractivity contribution in [2.45, 2.75) is 6.92 Å². The predicted octanol–water partition coefficient (Wildman–Crippen LogP) is 1.32. The summed E-state index contributed by atoms with van der Waals surface area (Å²) in [5, 5.41) is 0. The first-order valence-corrected chi connectivity index (χ1v) is 6.79. The van der Waals surface area contributed by atoms with Gasteiger partial charge in [0.05, 0.1) is 17.9 Å². The summed E-state index contributed by atoms with van der Waals surface area (Å²) in [5.74, 6) is -0.929. The highest BCUT2D eigenvalue weighted by atomic mass is 19.1. The quantitative estimate of drug-likeness (QED) is 0.835. The molecule has 0 spiro atoms. The summed E-state index contributed by atoms with van der Waals surface area (Å²) >= 11 is 0. The van der Waals surface area contributed by atoms with E-state index < -0.39 is 5.82 Å². The Morgan fingerprint density at radius 3 is 2.48 bits per heavy atom. The summed E-state index contributed by atoms with van der Waals surface area (Å²) in [5.41, 5.74) is 5.61. The summed E-state index contributed by atoms with van der Waals surface area (Å²) in [4.78, 5) is 27.0. The number of piperazine rings is 1. The van der Waals surface area contributed by atoms with Crippen LogP contribution < -0.4 is 5.73 Å². The maximum atomic E-state index is 13.4. The lowest BCUT2D eigenvalue weighted by Gasteiger charge is -2.34. The van der Waals surface area contributed by atoms with Gasteiger partial charge in [-0.05, 0) is 19.1 Å². The standard InChI is InChI=1S/C14H18FN3O3/c1-2-21-14(20)18-8-6-17(7-9-18)13(19)10-4-3-5-11(15)12(10)16/h3-5H,2,6-9,16H2,1H3. The zero-order valence-corrected chi connectivity index (χ0v) is 11.8. The van der Waals surface area contributed by atoms with E-state index in [4.69, 9.17) is 10.5 Å². The second-order valence-corrected chi connectivity index (χ2v) is 4.68. The first kappa shape index (κ1) is 15.1. The Morgan fingerprint density at radius 2 is 1.86 bits per heavy atom. The van der Waals surface area contributed by atoms with Crippen LogP contribution in [0.15, 0.2) is 18.2 Å². The second-order valence-electron chi connectivity index (χ2n) is 4.68. The van der Waals surface area contributed by atoms with Crippen LogP contribution in [-0.4, -0.2) is 54.6 Å². The van der Waals surface area contributed by atoms with Crippen molar-refractivity contribution in [3.8, 4) is 0 Å². The van der Waals surface area contributed by atoms with E-state index in [0.717, 1.165) is 0 Å². The first-order valence-electron chi connectivity index (χ1n) is 6.79. The Morgan fingerprint density at radius 1 is 1.24 bits per heavy atom. The number of para-hydroxylation sites is 1. The molecule has 7 heteroatoms. The molecule has 1 aromatic carbocycles. The Labute approximate surface area is 122 Å². The van der Waals surface area contributed by atoms with E-state index in [2.05, 4.69) is 0 Å². The van der Waals surface area contributed by atoms with Crippen LogP contribution in [0, 0.1) is 5.82 Å². The zero-order valence-electron chi connectivity index (χ0n) is 11.8. The maximum Gasteiger partial charge on any atom is 0.409 e. The second kappa shape index (κ2) is 6.43. The lowest BCUT2D eigenvalue weighted by atomic mass is 10.1. The summed E-state index contributed by atoms with van der Waals surface area (Å²) in [7, 11) is 0. The van der Waals surface area contributed by atoms with Crippen LogP contribution in [0.1, 0.15) is 17.3 Å². The van der Waals surface area contributed by atoms with Crippen molar-refractivity contribution in [3.05, 3.63) is 29.6 Å². The van der Waals surface area contributed by atoms with Gasteiger partial charge in [0.15, 0.2) is 0 Å². The van der Waals surface area contributed by atoms with Gasteiger partial charge in [0.25, 0.3) is 5.91 Å². The average molecular weight is 295 g/mol. The van der Waals surface area contributed by atoms with Crippen molar-refractivity contribution in [2.75, 3.05) is 38.5 Å².